The van der Waals surface area contributed by atoms with Crippen molar-refractivity contribution < 1.29 is 19.5 Å². The molecule has 1 aromatic carbocycles. The lowest BCUT2D eigenvalue weighted by Gasteiger charge is -2.21. The normalized spacial score (nSPS) is 11.6. The summed E-state index contributed by atoms with van der Waals surface area (Å²) in [6.07, 6.45) is -0.457. The summed E-state index contributed by atoms with van der Waals surface area (Å²) in [5.74, 6) is -2.10. The summed E-state index contributed by atoms with van der Waals surface area (Å²) in [5.41, 5.74) is 7.57. The predicted molar refractivity (Wildman–Crippen MR) is 78.1 cm³/mol. The van der Waals surface area contributed by atoms with Crippen molar-refractivity contribution in [2.24, 2.45) is 5.73 Å². The number of amides is 3. The lowest BCUT2D eigenvalue weighted by atomic mass is 10.1. The summed E-state index contributed by atoms with van der Waals surface area (Å²) < 4.78 is 0. The molecule has 0 bridgehead atoms. The van der Waals surface area contributed by atoms with Crippen LogP contribution in [0.1, 0.15) is 17.5 Å². The zero-order valence-corrected chi connectivity index (χ0v) is 12.2. The third-order valence-electron chi connectivity index (χ3n) is 2.90. The van der Waals surface area contributed by atoms with E-state index in [1.54, 1.807) is 12.1 Å². The third kappa shape index (κ3) is 4.79. The number of primary amides is 1. The van der Waals surface area contributed by atoms with Gasteiger partial charge in [0.15, 0.2) is 0 Å². The number of carbonyl (C=O) groups excluding carboxylic acids is 2. The van der Waals surface area contributed by atoms with Crippen LogP contribution in [0.15, 0.2) is 18.2 Å². The molecular formula is C14H19N3O4. The smallest absolute Gasteiger partial charge is 0.326 e. The number of benzene rings is 1. The number of nitrogens with two attached hydrogens (primary N) is 1. The molecule has 21 heavy (non-hydrogen) atoms. The molecule has 0 saturated carbocycles. The van der Waals surface area contributed by atoms with Crippen molar-refractivity contribution in [1.82, 2.24) is 5.32 Å². The van der Waals surface area contributed by atoms with Gasteiger partial charge in [0, 0.05) is 12.7 Å². The molecule has 1 aromatic rings. The molecule has 7 nitrogen and oxygen atoms in total. The molecule has 3 amide bonds. The summed E-state index contributed by atoms with van der Waals surface area (Å²) in [7, 11) is 1.52. The van der Waals surface area contributed by atoms with Crippen molar-refractivity contribution in [3.63, 3.8) is 0 Å². The van der Waals surface area contributed by atoms with Crippen molar-refractivity contribution >= 4 is 23.6 Å². The second-order valence-corrected chi connectivity index (χ2v) is 4.92. The van der Waals surface area contributed by atoms with Crippen LogP contribution >= 0.6 is 0 Å². The van der Waals surface area contributed by atoms with Gasteiger partial charge in [-0.25, -0.2) is 9.59 Å². The number of hydrogen-bond donors (Lipinski definition) is 3. The zero-order valence-electron chi connectivity index (χ0n) is 12.2. The van der Waals surface area contributed by atoms with Gasteiger partial charge >= 0.3 is 12.0 Å². The molecule has 114 valence electrons. The predicted octanol–water partition coefficient (Wildman–Crippen LogP) is 0.778. The molecular weight excluding hydrogens is 274 g/mol. The largest absolute Gasteiger partial charge is 0.480 e. The Hall–Kier alpha value is -2.57. The van der Waals surface area contributed by atoms with E-state index in [1.807, 2.05) is 19.9 Å². The highest BCUT2D eigenvalue weighted by Gasteiger charge is 2.24. The summed E-state index contributed by atoms with van der Waals surface area (Å²) in [6, 6.07) is 3.60. The van der Waals surface area contributed by atoms with Gasteiger partial charge in [0.2, 0.25) is 5.91 Å². The molecule has 1 rings (SSSR count). The van der Waals surface area contributed by atoms with Crippen LogP contribution in [-0.2, 0) is 9.59 Å². The van der Waals surface area contributed by atoms with Crippen LogP contribution in [0.5, 0.6) is 0 Å². The number of carbonyl (C=O) groups is 3. The number of nitrogens with one attached hydrogen (secondary N) is 1. The minimum absolute atomic E-state index is 0.457. The Morgan fingerprint density at radius 3 is 2.19 bits per heavy atom. The maximum atomic E-state index is 12.1. The van der Waals surface area contributed by atoms with Crippen molar-refractivity contribution in [2.75, 3.05) is 11.9 Å². The first-order valence-electron chi connectivity index (χ1n) is 6.34. The highest BCUT2D eigenvalue weighted by atomic mass is 16.4. The van der Waals surface area contributed by atoms with Gasteiger partial charge < -0.3 is 16.2 Å². The van der Waals surface area contributed by atoms with E-state index < -0.39 is 30.4 Å². The molecule has 0 fully saturated rings. The van der Waals surface area contributed by atoms with E-state index in [1.165, 1.54) is 11.9 Å². The SMILES string of the molecule is Cc1cc(C)cc(N(C)C(=O)NC(CC(N)=O)C(=O)O)c1. The quantitative estimate of drug-likeness (QED) is 0.744. The van der Waals surface area contributed by atoms with E-state index in [4.69, 9.17) is 10.8 Å². The van der Waals surface area contributed by atoms with E-state index in [2.05, 4.69) is 5.32 Å². The second-order valence-electron chi connectivity index (χ2n) is 4.92. The lowest BCUT2D eigenvalue weighted by molar-refractivity contribution is -0.140. The highest BCUT2D eigenvalue weighted by Crippen LogP contribution is 2.17. The molecule has 0 spiro atoms. The molecule has 0 radical (unpaired) electrons. The molecule has 0 aromatic heterocycles. The van der Waals surface area contributed by atoms with Crippen LogP contribution < -0.4 is 16.0 Å². The second kappa shape index (κ2) is 6.74. The van der Waals surface area contributed by atoms with Crippen molar-refractivity contribution in [3.8, 4) is 0 Å². The van der Waals surface area contributed by atoms with E-state index in [9.17, 15) is 14.4 Å². The van der Waals surface area contributed by atoms with Gasteiger partial charge in [-0.2, -0.15) is 0 Å². The minimum Gasteiger partial charge on any atom is -0.480 e. The Balaban J connectivity index is 2.86. The van der Waals surface area contributed by atoms with Gasteiger partial charge in [-0.3, -0.25) is 9.69 Å². The monoisotopic (exact) mass is 293 g/mol. The number of anilines is 1. The first-order valence-corrected chi connectivity index (χ1v) is 6.34. The fraction of sp³-hybridized carbons (Fsp3) is 0.357. The van der Waals surface area contributed by atoms with Gasteiger partial charge in [0.25, 0.3) is 0 Å². The third-order valence-corrected chi connectivity index (χ3v) is 2.90. The fourth-order valence-electron chi connectivity index (χ4n) is 1.91. The number of carboxylic acid groups (broad SMARTS) is 1. The number of rotatable bonds is 5. The topological polar surface area (TPSA) is 113 Å². The van der Waals surface area contributed by atoms with E-state index in [-0.39, 0.29) is 0 Å². The number of aliphatic carboxylic acids is 1. The first kappa shape index (κ1) is 16.5. The maximum Gasteiger partial charge on any atom is 0.326 e. The Kier molecular flexibility index (Phi) is 5.29. The maximum absolute atomic E-state index is 12.1. The van der Waals surface area contributed by atoms with Crippen molar-refractivity contribution in [2.45, 2.75) is 26.3 Å². The van der Waals surface area contributed by atoms with Crippen LogP contribution in [-0.4, -0.2) is 36.1 Å². The summed E-state index contributed by atoms with van der Waals surface area (Å²) in [6.45, 7) is 3.80. The van der Waals surface area contributed by atoms with E-state index >= 15 is 0 Å². The van der Waals surface area contributed by atoms with Crippen LogP contribution in [0.3, 0.4) is 0 Å². The lowest BCUT2D eigenvalue weighted by Crippen LogP contribution is -2.48. The van der Waals surface area contributed by atoms with E-state index in [0.29, 0.717) is 5.69 Å². The molecule has 0 aliphatic carbocycles. The summed E-state index contributed by atoms with van der Waals surface area (Å²) in [4.78, 5) is 35.2. The van der Waals surface area contributed by atoms with Crippen LogP contribution in [0, 0.1) is 13.8 Å². The molecule has 0 heterocycles. The molecule has 7 heteroatoms. The molecule has 0 aliphatic rings. The Bertz CT molecular complexity index is 551. The zero-order chi connectivity index (χ0) is 16.2. The highest BCUT2D eigenvalue weighted by molar-refractivity contribution is 5.95. The number of hydrogen-bond acceptors (Lipinski definition) is 3. The standard InChI is InChI=1S/C14H19N3O4/c1-8-4-9(2)6-10(5-8)17(3)14(21)16-11(13(19)20)7-12(15)18/h4-6,11H,7H2,1-3H3,(H2,15,18)(H,16,21)(H,19,20). The van der Waals surface area contributed by atoms with Gasteiger partial charge in [-0.05, 0) is 37.1 Å². The number of aryl methyl sites for hydroxylation is 2. The van der Waals surface area contributed by atoms with Gasteiger partial charge in [0.05, 0.1) is 6.42 Å². The van der Waals surface area contributed by atoms with E-state index in [0.717, 1.165) is 11.1 Å². The van der Waals surface area contributed by atoms with Crippen molar-refractivity contribution in [3.05, 3.63) is 29.3 Å². The fourth-order valence-corrected chi connectivity index (χ4v) is 1.91. The molecule has 1 unspecified atom stereocenters. The molecule has 1 atom stereocenters. The van der Waals surface area contributed by atoms with Crippen LogP contribution in [0.25, 0.3) is 0 Å². The Morgan fingerprint density at radius 1 is 1.24 bits per heavy atom. The van der Waals surface area contributed by atoms with Gasteiger partial charge in [-0.15, -0.1) is 0 Å². The average Bonchev–Trinajstić information content (AvgIpc) is 2.35. The number of nitrogens with zero attached hydrogens (tertiary/aromatic N) is 1. The Labute approximate surface area is 122 Å². The molecule has 0 saturated heterocycles. The first-order chi connectivity index (χ1) is 9.70. The Morgan fingerprint density at radius 2 is 1.76 bits per heavy atom. The summed E-state index contributed by atoms with van der Waals surface area (Å²) >= 11 is 0. The number of carboxylic acids is 1. The minimum atomic E-state index is -1.34. The average molecular weight is 293 g/mol. The van der Waals surface area contributed by atoms with Crippen LogP contribution in [0.2, 0.25) is 0 Å². The summed E-state index contributed by atoms with van der Waals surface area (Å²) in [5, 5.41) is 11.2. The van der Waals surface area contributed by atoms with Gasteiger partial charge in [0.1, 0.15) is 6.04 Å². The van der Waals surface area contributed by atoms with Crippen molar-refractivity contribution in [1.29, 1.82) is 0 Å². The van der Waals surface area contributed by atoms with Gasteiger partial charge in [-0.1, -0.05) is 6.07 Å². The van der Waals surface area contributed by atoms with Crippen LogP contribution in [0.4, 0.5) is 10.5 Å². The molecule has 0 aliphatic heterocycles. The molecule has 4 N–H and O–H groups in total. The number of urea groups is 1.